The number of ether oxygens (including phenoxy) is 1. The van der Waals surface area contributed by atoms with Crippen LogP contribution in [-0.2, 0) is 11.2 Å². The number of allylic oxidation sites excluding steroid dienone is 5. The van der Waals surface area contributed by atoms with Crippen LogP contribution in [0.15, 0.2) is 64.6 Å². The average molecular weight is 352 g/mol. The van der Waals surface area contributed by atoms with E-state index in [9.17, 15) is 17.6 Å². The van der Waals surface area contributed by atoms with Crippen molar-refractivity contribution in [2.24, 2.45) is 4.99 Å². The molecule has 2 heterocycles. The van der Waals surface area contributed by atoms with Crippen molar-refractivity contribution in [2.45, 2.75) is 25.9 Å². The lowest BCUT2D eigenvalue weighted by Gasteiger charge is -2.08. The maximum Gasteiger partial charge on any atom is 0.422 e. The first-order valence-electron chi connectivity index (χ1n) is 7.49. The Balaban J connectivity index is 1.99. The van der Waals surface area contributed by atoms with Gasteiger partial charge in [0.15, 0.2) is 6.61 Å². The second kappa shape index (κ2) is 8.44. The summed E-state index contributed by atoms with van der Waals surface area (Å²) >= 11 is 0. The lowest BCUT2D eigenvalue weighted by Crippen LogP contribution is -2.16. The maximum atomic E-state index is 14.0. The summed E-state index contributed by atoms with van der Waals surface area (Å²) in [4.78, 5) is 7.72. The van der Waals surface area contributed by atoms with Gasteiger partial charge in [0.25, 0.3) is 5.88 Å². The first kappa shape index (κ1) is 18.7. The molecular formula is C18H16F4N2O. The van der Waals surface area contributed by atoms with Crippen LogP contribution in [-0.4, -0.2) is 24.0 Å². The van der Waals surface area contributed by atoms with Crippen LogP contribution in [0, 0.1) is 6.92 Å². The van der Waals surface area contributed by atoms with Crippen LogP contribution in [0.5, 0.6) is 0 Å². The maximum absolute atomic E-state index is 14.0. The zero-order chi connectivity index (χ0) is 18.3. The molecule has 0 atom stereocenters. The predicted octanol–water partition coefficient (Wildman–Crippen LogP) is 4.76. The van der Waals surface area contributed by atoms with Gasteiger partial charge < -0.3 is 4.74 Å². The van der Waals surface area contributed by atoms with Crippen LogP contribution in [0.25, 0.3) is 0 Å². The highest BCUT2D eigenvalue weighted by atomic mass is 19.4. The first-order valence-corrected chi connectivity index (χ1v) is 7.49. The van der Waals surface area contributed by atoms with E-state index in [2.05, 4.69) is 20.4 Å². The summed E-state index contributed by atoms with van der Waals surface area (Å²) < 4.78 is 54.8. The third-order valence-corrected chi connectivity index (χ3v) is 3.17. The molecule has 0 spiro atoms. The van der Waals surface area contributed by atoms with Crippen molar-refractivity contribution in [1.82, 2.24) is 4.98 Å². The van der Waals surface area contributed by atoms with Crippen molar-refractivity contribution < 1.29 is 22.3 Å². The number of nitrogens with zero attached hydrogens (tertiary/aromatic N) is 2. The van der Waals surface area contributed by atoms with E-state index in [4.69, 9.17) is 0 Å². The summed E-state index contributed by atoms with van der Waals surface area (Å²) in [7, 11) is 0. The van der Waals surface area contributed by atoms with Crippen LogP contribution in [0.1, 0.15) is 17.7 Å². The molecule has 132 valence electrons. The number of hydrogen-bond donors (Lipinski definition) is 0. The molecule has 0 N–H and O–H groups in total. The fourth-order valence-corrected chi connectivity index (χ4v) is 1.91. The average Bonchev–Trinajstić information content (AvgIpc) is 2.54. The van der Waals surface area contributed by atoms with E-state index in [1.807, 2.05) is 19.1 Å². The van der Waals surface area contributed by atoms with Gasteiger partial charge in [0.2, 0.25) is 0 Å². The lowest BCUT2D eigenvalue weighted by atomic mass is 10.1. The largest absolute Gasteiger partial charge is 0.462 e. The SMILES string of the molecule is Cc1ccc(C/C=C/C2=C(F)C=NC(OCC(F)(F)F)=C=CC2)cn1. The molecule has 1 aliphatic heterocycles. The van der Waals surface area contributed by atoms with Gasteiger partial charge in [-0.15, -0.1) is 0 Å². The number of aryl methyl sites for hydroxylation is 1. The Kier molecular flexibility index (Phi) is 6.31. The Morgan fingerprint density at radius 3 is 2.80 bits per heavy atom. The molecule has 0 bridgehead atoms. The van der Waals surface area contributed by atoms with Crippen molar-refractivity contribution >= 4 is 6.21 Å². The number of hydrogen-bond acceptors (Lipinski definition) is 3. The minimum atomic E-state index is -4.49. The highest BCUT2D eigenvalue weighted by Gasteiger charge is 2.28. The number of halogens is 4. The summed E-state index contributed by atoms with van der Waals surface area (Å²) in [5.74, 6) is -1.04. The molecule has 0 saturated carbocycles. The van der Waals surface area contributed by atoms with Crippen LogP contribution in [0.2, 0.25) is 0 Å². The van der Waals surface area contributed by atoms with E-state index in [1.54, 1.807) is 18.3 Å². The Morgan fingerprint density at radius 2 is 2.12 bits per heavy atom. The van der Waals surface area contributed by atoms with Crippen molar-refractivity contribution in [3.63, 3.8) is 0 Å². The minimum Gasteiger partial charge on any atom is -0.462 e. The Morgan fingerprint density at radius 1 is 1.32 bits per heavy atom. The second-order valence-electron chi connectivity index (χ2n) is 5.31. The van der Waals surface area contributed by atoms with Gasteiger partial charge in [-0.25, -0.2) is 9.38 Å². The van der Waals surface area contributed by atoms with Gasteiger partial charge in [0, 0.05) is 18.3 Å². The van der Waals surface area contributed by atoms with Gasteiger partial charge in [0.05, 0.1) is 6.21 Å². The molecule has 0 radical (unpaired) electrons. The molecule has 1 aromatic rings. The van der Waals surface area contributed by atoms with E-state index in [0.717, 1.165) is 17.5 Å². The Hall–Kier alpha value is -2.66. The molecule has 0 amide bonds. The Labute approximate surface area is 142 Å². The third-order valence-electron chi connectivity index (χ3n) is 3.17. The quantitative estimate of drug-likeness (QED) is 0.565. The van der Waals surface area contributed by atoms with Crippen molar-refractivity contribution in [2.75, 3.05) is 6.61 Å². The molecule has 1 aliphatic rings. The molecule has 0 saturated heterocycles. The monoisotopic (exact) mass is 352 g/mol. The fraction of sp³-hybridized carbons (Fsp3) is 0.278. The lowest BCUT2D eigenvalue weighted by molar-refractivity contribution is -0.164. The summed E-state index contributed by atoms with van der Waals surface area (Å²) in [6.07, 6.45) is 3.63. The van der Waals surface area contributed by atoms with Crippen LogP contribution >= 0.6 is 0 Å². The number of pyridine rings is 1. The molecule has 2 rings (SSSR count). The van der Waals surface area contributed by atoms with E-state index in [1.165, 1.54) is 6.08 Å². The van der Waals surface area contributed by atoms with Gasteiger partial charge in [-0.1, -0.05) is 23.9 Å². The zero-order valence-electron chi connectivity index (χ0n) is 13.5. The summed E-state index contributed by atoms with van der Waals surface area (Å²) in [6, 6.07) is 3.82. The van der Waals surface area contributed by atoms with Gasteiger partial charge >= 0.3 is 6.18 Å². The molecule has 0 fully saturated rings. The highest BCUT2D eigenvalue weighted by Crippen LogP contribution is 2.19. The molecule has 0 unspecified atom stereocenters. The number of rotatable bonds is 5. The summed E-state index contributed by atoms with van der Waals surface area (Å²) in [5, 5.41) is 0. The van der Waals surface area contributed by atoms with Crippen LogP contribution in [0.4, 0.5) is 17.6 Å². The Bertz CT molecular complexity index is 752. The molecule has 7 heteroatoms. The minimum absolute atomic E-state index is 0.166. The molecule has 3 nitrogen and oxygen atoms in total. The van der Waals surface area contributed by atoms with Gasteiger partial charge in [0.1, 0.15) is 5.83 Å². The van der Waals surface area contributed by atoms with Gasteiger partial charge in [-0.05, 0) is 36.6 Å². The smallest absolute Gasteiger partial charge is 0.422 e. The third kappa shape index (κ3) is 6.77. The molecule has 0 aliphatic carbocycles. The molecule has 1 aromatic heterocycles. The fourth-order valence-electron chi connectivity index (χ4n) is 1.91. The summed E-state index contributed by atoms with van der Waals surface area (Å²) in [5.41, 5.74) is 4.74. The van der Waals surface area contributed by atoms with Crippen molar-refractivity contribution in [1.29, 1.82) is 0 Å². The number of alkyl halides is 3. The number of aromatic nitrogens is 1. The van der Waals surface area contributed by atoms with Crippen LogP contribution in [0.3, 0.4) is 0 Å². The molecule has 0 aromatic carbocycles. The molecular weight excluding hydrogens is 336 g/mol. The van der Waals surface area contributed by atoms with Crippen molar-refractivity contribution in [3.05, 3.63) is 70.8 Å². The van der Waals surface area contributed by atoms with E-state index < -0.39 is 24.5 Å². The summed E-state index contributed by atoms with van der Waals surface area (Å²) in [6.45, 7) is 0.392. The van der Waals surface area contributed by atoms with Gasteiger partial charge in [-0.2, -0.15) is 13.2 Å². The van der Waals surface area contributed by atoms with Crippen LogP contribution < -0.4 is 0 Å². The van der Waals surface area contributed by atoms with E-state index in [0.29, 0.717) is 12.0 Å². The van der Waals surface area contributed by atoms with Crippen molar-refractivity contribution in [3.8, 4) is 0 Å². The number of aliphatic imine (C=N–C) groups is 1. The second-order valence-corrected chi connectivity index (χ2v) is 5.31. The van der Waals surface area contributed by atoms with Gasteiger partial charge in [-0.3, -0.25) is 4.98 Å². The first-order chi connectivity index (χ1) is 11.8. The normalized spacial score (nSPS) is 15.3. The van der Waals surface area contributed by atoms with E-state index in [-0.39, 0.29) is 6.42 Å². The van der Waals surface area contributed by atoms with E-state index >= 15 is 0 Å². The topological polar surface area (TPSA) is 34.5 Å². The highest BCUT2D eigenvalue weighted by molar-refractivity contribution is 5.78. The standard InChI is InChI=1S/C18H16F4N2O/c1-13-8-9-14(10-23-13)4-2-5-15-6-3-7-17(24-11-16(15)19)25-12-18(20,21)22/h2-3,5,8-11H,4,6,12H2,1H3/b5-2+,16-15?,24-11?. The zero-order valence-corrected chi connectivity index (χ0v) is 13.5. The predicted molar refractivity (Wildman–Crippen MR) is 86.7 cm³/mol. The molecule has 25 heavy (non-hydrogen) atoms.